The standard InChI is InChI=1S/C18H26N4O/c1-3-10-20-18(19-4-2)21-13-15-7-5-8-16(12-15)14-22-11-6-9-17(22)23/h3,5,7-8,12H,1,4,6,9-11,13-14H2,2H3,(H2,19,20,21). The molecule has 1 amide bonds. The number of aliphatic imine (C=N–C) groups is 1. The lowest BCUT2D eigenvalue weighted by Crippen LogP contribution is -2.37. The van der Waals surface area contributed by atoms with Crippen molar-refractivity contribution in [3.8, 4) is 0 Å². The Morgan fingerprint density at radius 3 is 2.91 bits per heavy atom. The number of carbonyl (C=O) groups is 1. The number of benzene rings is 1. The van der Waals surface area contributed by atoms with E-state index < -0.39 is 0 Å². The Bertz CT molecular complexity index is 568. The van der Waals surface area contributed by atoms with Crippen molar-refractivity contribution in [2.75, 3.05) is 19.6 Å². The maximum absolute atomic E-state index is 11.7. The van der Waals surface area contributed by atoms with Gasteiger partial charge in [-0.25, -0.2) is 4.99 Å². The molecule has 0 aliphatic carbocycles. The van der Waals surface area contributed by atoms with Gasteiger partial charge in [0, 0.05) is 32.6 Å². The van der Waals surface area contributed by atoms with Gasteiger partial charge in [-0.15, -0.1) is 6.58 Å². The van der Waals surface area contributed by atoms with Gasteiger partial charge in [0.2, 0.25) is 5.91 Å². The molecule has 1 fully saturated rings. The Balaban J connectivity index is 1.97. The number of amides is 1. The highest BCUT2D eigenvalue weighted by Gasteiger charge is 2.19. The van der Waals surface area contributed by atoms with E-state index in [0.29, 0.717) is 26.1 Å². The summed E-state index contributed by atoms with van der Waals surface area (Å²) in [4.78, 5) is 18.2. The topological polar surface area (TPSA) is 56.7 Å². The third kappa shape index (κ3) is 5.43. The van der Waals surface area contributed by atoms with Crippen molar-refractivity contribution in [2.45, 2.75) is 32.9 Å². The van der Waals surface area contributed by atoms with Crippen molar-refractivity contribution in [1.82, 2.24) is 15.5 Å². The van der Waals surface area contributed by atoms with Gasteiger partial charge in [-0.3, -0.25) is 4.79 Å². The highest BCUT2D eigenvalue weighted by atomic mass is 16.2. The van der Waals surface area contributed by atoms with Gasteiger partial charge in [0.05, 0.1) is 6.54 Å². The summed E-state index contributed by atoms with van der Waals surface area (Å²) in [5.41, 5.74) is 2.31. The summed E-state index contributed by atoms with van der Waals surface area (Å²) in [5.74, 6) is 1.05. The van der Waals surface area contributed by atoms with Crippen molar-refractivity contribution in [3.05, 3.63) is 48.0 Å². The molecule has 0 aromatic heterocycles. The van der Waals surface area contributed by atoms with Crippen LogP contribution in [0.3, 0.4) is 0 Å². The van der Waals surface area contributed by atoms with E-state index >= 15 is 0 Å². The van der Waals surface area contributed by atoms with Crippen LogP contribution in [0.25, 0.3) is 0 Å². The normalized spacial score (nSPS) is 14.9. The predicted molar refractivity (Wildman–Crippen MR) is 94.1 cm³/mol. The summed E-state index contributed by atoms with van der Waals surface area (Å²) < 4.78 is 0. The summed E-state index contributed by atoms with van der Waals surface area (Å²) in [6.07, 6.45) is 3.47. The van der Waals surface area contributed by atoms with Gasteiger partial charge >= 0.3 is 0 Å². The number of hydrogen-bond donors (Lipinski definition) is 2. The first-order valence-electron chi connectivity index (χ1n) is 8.21. The summed E-state index contributed by atoms with van der Waals surface area (Å²) in [7, 11) is 0. The van der Waals surface area contributed by atoms with E-state index in [9.17, 15) is 4.79 Å². The van der Waals surface area contributed by atoms with Crippen LogP contribution in [0, 0.1) is 0 Å². The van der Waals surface area contributed by atoms with Crippen molar-refractivity contribution in [2.24, 2.45) is 4.99 Å². The fourth-order valence-corrected chi connectivity index (χ4v) is 2.60. The van der Waals surface area contributed by atoms with Gasteiger partial charge < -0.3 is 15.5 Å². The molecule has 0 saturated carbocycles. The van der Waals surface area contributed by atoms with Gasteiger partial charge in [0.1, 0.15) is 0 Å². The van der Waals surface area contributed by atoms with E-state index in [2.05, 4.69) is 40.4 Å². The maximum atomic E-state index is 11.7. The minimum absolute atomic E-state index is 0.261. The van der Waals surface area contributed by atoms with Crippen molar-refractivity contribution in [1.29, 1.82) is 0 Å². The second kappa shape index (κ2) is 8.98. The summed E-state index contributed by atoms with van der Waals surface area (Å²) in [6, 6.07) is 8.30. The van der Waals surface area contributed by atoms with Crippen LogP contribution in [0.1, 0.15) is 30.9 Å². The summed E-state index contributed by atoms with van der Waals surface area (Å²) in [6.45, 7) is 9.42. The molecule has 0 bridgehead atoms. The Morgan fingerprint density at radius 2 is 2.22 bits per heavy atom. The molecule has 1 aromatic rings. The average Bonchev–Trinajstić information content (AvgIpc) is 2.95. The van der Waals surface area contributed by atoms with Crippen LogP contribution in [0.15, 0.2) is 41.9 Å². The van der Waals surface area contributed by atoms with E-state index in [-0.39, 0.29) is 5.91 Å². The van der Waals surface area contributed by atoms with Gasteiger partial charge in [-0.05, 0) is 24.5 Å². The molecular weight excluding hydrogens is 288 g/mol. The van der Waals surface area contributed by atoms with E-state index in [0.717, 1.165) is 36.6 Å². The predicted octanol–water partition coefficient (Wildman–Crippen LogP) is 2.05. The lowest BCUT2D eigenvalue weighted by molar-refractivity contribution is -0.128. The van der Waals surface area contributed by atoms with Gasteiger partial charge in [0.15, 0.2) is 5.96 Å². The fourth-order valence-electron chi connectivity index (χ4n) is 2.60. The Morgan fingerprint density at radius 1 is 1.39 bits per heavy atom. The zero-order valence-electron chi connectivity index (χ0n) is 13.8. The molecule has 1 aliphatic rings. The fraction of sp³-hybridized carbons (Fsp3) is 0.444. The van der Waals surface area contributed by atoms with Crippen LogP contribution < -0.4 is 10.6 Å². The lowest BCUT2D eigenvalue weighted by Gasteiger charge is -2.16. The molecule has 0 radical (unpaired) electrons. The largest absolute Gasteiger partial charge is 0.357 e. The first-order chi connectivity index (χ1) is 11.2. The third-order valence-corrected chi connectivity index (χ3v) is 3.71. The minimum Gasteiger partial charge on any atom is -0.357 e. The molecule has 0 unspecified atom stereocenters. The monoisotopic (exact) mass is 314 g/mol. The average molecular weight is 314 g/mol. The quantitative estimate of drug-likeness (QED) is 0.460. The van der Waals surface area contributed by atoms with E-state index in [1.165, 1.54) is 0 Å². The Hall–Kier alpha value is -2.30. The smallest absolute Gasteiger partial charge is 0.222 e. The van der Waals surface area contributed by atoms with E-state index in [1.54, 1.807) is 6.08 Å². The first kappa shape index (κ1) is 17.1. The molecule has 23 heavy (non-hydrogen) atoms. The number of likely N-dealkylation sites (tertiary alicyclic amines) is 1. The van der Waals surface area contributed by atoms with Crippen LogP contribution >= 0.6 is 0 Å². The number of rotatable bonds is 7. The van der Waals surface area contributed by atoms with Crippen molar-refractivity contribution >= 4 is 11.9 Å². The summed E-state index contributed by atoms with van der Waals surface area (Å²) >= 11 is 0. The van der Waals surface area contributed by atoms with E-state index in [4.69, 9.17) is 0 Å². The van der Waals surface area contributed by atoms with E-state index in [1.807, 2.05) is 17.9 Å². The molecule has 124 valence electrons. The van der Waals surface area contributed by atoms with Gasteiger partial charge in [-0.1, -0.05) is 30.3 Å². The van der Waals surface area contributed by atoms with Crippen molar-refractivity contribution in [3.63, 3.8) is 0 Å². The molecular formula is C18H26N4O. The number of hydrogen-bond acceptors (Lipinski definition) is 2. The van der Waals surface area contributed by atoms with Gasteiger partial charge in [-0.2, -0.15) is 0 Å². The Labute approximate surface area is 138 Å². The van der Waals surface area contributed by atoms with Crippen LogP contribution in [0.4, 0.5) is 0 Å². The van der Waals surface area contributed by atoms with Crippen LogP contribution in [0.2, 0.25) is 0 Å². The first-order valence-corrected chi connectivity index (χ1v) is 8.21. The van der Waals surface area contributed by atoms with Crippen molar-refractivity contribution < 1.29 is 4.79 Å². The highest BCUT2D eigenvalue weighted by molar-refractivity contribution is 5.80. The van der Waals surface area contributed by atoms with Crippen LogP contribution in [-0.2, 0) is 17.9 Å². The number of nitrogens with zero attached hydrogens (tertiary/aromatic N) is 2. The number of carbonyl (C=O) groups excluding carboxylic acids is 1. The molecule has 5 heteroatoms. The van der Waals surface area contributed by atoms with Gasteiger partial charge in [0.25, 0.3) is 0 Å². The second-order valence-corrected chi connectivity index (χ2v) is 5.60. The molecule has 2 N–H and O–H groups in total. The molecule has 1 heterocycles. The van der Waals surface area contributed by atoms with Crippen LogP contribution in [-0.4, -0.2) is 36.4 Å². The molecule has 1 aromatic carbocycles. The molecule has 1 saturated heterocycles. The molecule has 2 rings (SSSR count). The zero-order chi connectivity index (χ0) is 16.5. The molecule has 5 nitrogen and oxygen atoms in total. The summed E-state index contributed by atoms with van der Waals surface area (Å²) in [5, 5.41) is 6.39. The highest BCUT2D eigenvalue weighted by Crippen LogP contribution is 2.15. The maximum Gasteiger partial charge on any atom is 0.222 e. The number of guanidine groups is 1. The second-order valence-electron chi connectivity index (χ2n) is 5.60. The molecule has 0 spiro atoms. The number of nitrogens with one attached hydrogen (secondary N) is 2. The molecule has 1 aliphatic heterocycles. The SMILES string of the molecule is C=CCNC(=NCc1cccc(CN2CCCC2=O)c1)NCC. The zero-order valence-corrected chi connectivity index (χ0v) is 13.8. The lowest BCUT2D eigenvalue weighted by atomic mass is 10.1. The van der Waals surface area contributed by atoms with Crippen LogP contribution in [0.5, 0.6) is 0 Å². The minimum atomic E-state index is 0.261. The molecule has 0 atom stereocenters. The third-order valence-electron chi connectivity index (χ3n) is 3.71. The Kier molecular flexibility index (Phi) is 6.66.